The second-order valence-electron chi connectivity index (χ2n) is 6.41. The zero-order chi connectivity index (χ0) is 19.8. The minimum absolute atomic E-state index is 0.224. The first-order valence-corrected chi connectivity index (χ1v) is 8.71. The molecule has 8 nitrogen and oxygen atoms in total. The molecule has 0 aliphatic rings. The van der Waals surface area contributed by atoms with E-state index in [4.69, 9.17) is 14.2 Å². The lowest BCUT2D eigenvalue weighted by Gasteiger charge is -2.09. The number of fused-ring (bicyclic) bond motifs is 1. The fourth-order valence-electron chi connectivity index (χ4n) is 3.19. The molecule has 0 spiro atoms. The normalized spacial score (nSPS) is 11.0. The largest absolute Gasteiger partial charge is 0.477 e. The van der Waals surface area contributed by atoms with E-state index in [9.17, 15) is 4.79 Å². The summed E-state index contributed by atoms with van der Waals surface area (Å²) in [6, 6.07) is 11.5. The fourth-order valence-corrected chi connectivity index (χ4v) is 3.19. The monoisotopic (exact) mass is 377 g/mol. The Labute approximate surface area is 161 Å². The van der Waals surface area contributed by atoms with Gasteiger partial charge in [-0.2, -0.15) is 5.10 Å². The molecule has 1 aromatic carbocycles. The summed E-state index contributed by atoms with van der Waals surface area (Å²) in [4.78, 5) is 17.9. The van der Waals surface area contributed by atoms with Gasteiger partial charge in [0.1, 0.15) is 5.69 Å². The Morgan fingerprint density at radius 3 is 2.68 bits per heavy atom. The Morgan fingerprint density at radius 2 is 1.96 bits per heavy atom. The third-order valence-electron chi connectivity index (χ3n) is 4.55. The highest BCUT2D eigenvalue weighted by Gasteiger charge is 2.22. The van der Waals surface area contributed by atoms with Gasteiger partial charge in [0.05, 0.1) is 29.4 Å². The number of amides is 1. The number of aryl methyl sites for hydroxylation is 3. The Balaban J connectivity index is 1.87. The molecule has 0 radical (unpaired) electrons. The maximum absolute atomic E-state index is 13.2. The van der Waals surface area contributed by atoms with E-state index in [1.54, 1.807) is 17.7 Å². The van der Waals surface area contributed by atoms with Gasteiger partial charge in [0, 0.05) is 12.6 Å². The molecule has 0 aliphatic heterocycles. The maximum Gasteiger partial charge on any atom is 0.278 e. The first-order valence-electron chi connectivity index (χ1n) is 8.71. The first-order chi connectivity index (χ1) is 13.5. The van der Waals surface area contributed by atoms with Crippen molar-refractivity contribution in [3.63, 3.8) is 0 Å². The smallest absolute Gasteiger partial charge is 0.278 e. The van der Waals surface area contributed by atoms with Gasteiger partial charge in [0.15, 0.2) is 11.4 Å². The van der Waals surface area contributed by atoms with E-state index in [1.165, 1.54) is 7.11 Å². The van der Waals surface area contributed by atoms with E-state index >= 15 is 0 Å². The predicted octanol–water partition coefficient (Wildman–Crippen LogP) is 3.50. The average Bonchev–Trinajstić information content (AvgIpc) is 3.20. The van der Waals surface area contributed by atoms with Crippen molar-refractivity contribution in [3.8, 4) is 17.1 Å². The summed E-state index contributed by atoms with van der Waals surface area (Å²) in [6.45, 7) is 3.56. The molecular formula is C20H19N5O3. The predicted molar refractivity (Wildman–Crippen MR) is 104 cm³/mol. The minimum Gasteiger partial charge on any atom is -0.477 e. The lowest BCUT2D eigenvalue weighted by molar-refractivity contribution is 0.102. The van der Waals surface area contributed by atoms with E-state index in [1.807, 2.05) is 44.3 Å². The number of nitrogens with zero attached hydrogens (tertiary/aromatic N) is 4. The summed E-state index contributed by atoms with van der Waals surface area (Å²) in [5, 5.41) is 11.8. The van der Waals surface area contributed by atoms with Gasteiger partial charge in [-0.3, -0.25) is 9.48 Å². The van der Waals surface area contributed by atoms with Crippen molar-refractivity contribution in [1.82, 2.24) is 19.9 Å². The summed E-state index contributed by atoms with van der Waals surface area (Å²) >= 11 is 0. The van der Waals surface area contributed by atoms with Crippen molar-refractivity contribution in [1.29, 1.82) is 0 Å². The van der Waals surface area contributed by atoms with E-state index in [0.29, 0.717) is 33.7 Å². The van der Waals surface area contributed by atoms with Crippen LogP contribution in [0.25, 0.3) is 22.3 Å². The van der Waals surface area contributed by atoms with Crippen LogP contribution in [-0.4, -0.2) is 32.9 Å². The Hall–Kier alpha value is -3.68. The number of carbonyl (C=O) groups is 1. The van der Waals surface area contributed by atoms with Crippen molar-refractivity contribution < 1.29 is 14.1 Å². The molecule has 0 saturated heterocycles. The molecule has 0 saturated carbocycles. The highest BCUT2D eigenvalue weighted by molar-refractivity contribution is 6.13. The number of nitrogens with one attached hydrogen (secondary N) is 1. The number of aromatic nitrogens is 4. The average molecular weight is 377 g/mol. The number of pyridine rings is 1. The standard InChI is InChI=1S/C20H19N5O3/c1-11-16-14(19(26)22-17-12(2)28-24-20(17)27-4)10-15(13-8-6-5-7-9-13)21-18(16)25(3)23-11/h5-10H,1-4H3,(H,22,26). The van der Waals surface area contributed by atoms with Gasteiger partial charge in [-0.1, -0.05) is 30.3 Å². The third kappa shape index (κ3) is 2.88. The lowest BCUT2D eigenvalue weighted by atomic mass is 10.0. The third-order valence-corrected chi connectivity index (χ3v) is 4.55. The SMILES string of the molecule is COc1noc(C)c1NC(=O)c1cc(-c2ccccc2)nc2c1c(C)nn2C. The molecule has 0 unspecified atom stereocenters. The number of hydrogen-bond donors (Lipinski definition) is 1. The second-order valence-corrected chi connectivity index (χ2v) is 6.41. The quantitative estimate of drug-likeness (QED) is 0.585. The van der Waals surface area contributed by atoms with E-state index in [0.717, 1.165) is 11.3 Å². The summed E-state index contributed by atoms with van der Waals surface area (Å²) in [6.07, 6.45) is 0. The van der Waals surface area contributed by atoms with Gasteiger partial charge in [0.25, 0.3) is 11.8 Å². The Bertz CT molecular complexity index is 1180. The number of carbonyl (C=O) groups excluding carboxylic acids is 1. The highest BCUT2D eigenvalue weighted by atomic mass is 16.5. The maximum atomic E-state index is 13.2. The van der Waals surface area contributed by atoms with Crippen LogP contribution in [0, 0.1) is 13.8 Å². The highest BCUT2D eigenvalue weighted by Crippen LogP contribution is 2.30. The molecule has 1 amide bonds. The number of anilines is 1. The summed E-state index contributed by atoms with van der Waals surface area (Å²) in [5.41, 5.74) is 3.84. The molecule has 4 rings (SSSR count). The van der Waals surface area contributed by atoms with Crippen LogP contribution < -0.4 is 10.1 Å². The molecule has 0 aliphatic carbocycles. The Kier molecular flexibility index (Phi) is 4.31. The molecule has 3 aromatic heterocycles. The van der Waals surface area contributed by atoms with E-state index in [-0.39, 0.29) is 11.8 Å². The Morgan fingerprint density at radius 1 is 1.21 bits per heavy atom. The summed E-state index contributed by atoms with van der Waals surface area (Å²) in [7, 11) is 3.28. The van der Waals surface area contributed by atoms with Gasteiger partial charge < -0.3 is 14.6 Å². The number of benzene rings is 1. The molecule has 0 fully saturated rings. The van der Waals surface area contributed by atoms with Gasteiger partial charge in [-0.25, -0.2) is 4.98 Å². The zero-order valence-corrected chi connectivity index (χ0v) is 16.0. The number of ether oxygens (including phenoxy) is 1. The summed E-state index contributed by atoms with van der Waals surface area (Å²) in [5.74, 6) is 0.370. The van der Waals surface area contributed by atoms with Gasteiger partial charge in [-0.05, 0) is 25.1 Å². The summed E-state index contributed by atoms with van der Waals surface area (Å²) < 4.78 is 12.0. The van der Waals surface area contributed by atoms with Crippen LogP contribution >= 0.6 is 0 Å². The topological polar surface area (TPSA) is 95.1 Å². The number of methoxy groups -OCH3 is 1. The molecule has 3 heterocycles. The molecule has 1 N–H and O–H groups in total. The van der Waals surface area contributed by atoms with Crippen LogP contribution in [0.15, 0.2) is 40.9 Å². The van der Waals surface area contributed by atoms with Crippen LogP contribution in [0.1, 0.15) is 21.8 Å². The molecular weight excluding hydrogens is 358 g/mol. The van der Waals surface area contributed by atoms with Crippen molar-refractivity contribution in [3.05, 3.63) is 53.4 Å². The first kappa shape index (κ1) is 17.7. The van der Waals surface area contributed by atoms with Crippen LogP contribution in [-0.2, 0) is 7.05 Å². The van der Waals surface area contributed by atoms with Crippen LogP contribution in [0.2, 0.25) is 0 Å². The van der Waals surface area contributed by atoms with Crippen molar-refractivity contribution >= 4 is 22.6 Å². The lowest BCUT2D eigenvalue weighted by Crippen LogP contribution is -2.14. The van der Waals surface area contributed by atoms with Gasteiger partial charge >= 0.3 is 0 Å². The van der Waals surface area contributed by atoms with Crippen LogP contribution in [0.3, 0.4) is 0 Å². The molecule has 142 valence electrons. The minimum atomic E-state index is -0.315. The second kappa shape index (κ2) is 6.80. The molecule has 28 heavy (non-hydrogen) atoms. The van der Waals surface area contributed by atoms with Gasteiger partial charge in [0.2, 0.25) is 0 Å². The van der Waals surface area contributed by atoms with Crippen molar-refractivity contribution in [2.45, 2.75) is 13.8 Å². The van der Waals surface area contributed by atoms with E-state index in [2.05, 4.69) is 15.6 Å². The molecule has 8 heteroatoms. The molecule has 0 bridgehead atoms. The number of hydrogen-bond acceptors (Lipinski definition) is 6. The van der Waals surface area contributed by atoms with Crippen LogP contribution in [0.5, 0.6) is 5.88 Å². The fraction of sp³-hybridized carbons (Fsp3) is 0.200. The van der Waals surface area contributed by atoms with Crippen molar-refractivity contribution in [2.24, 2.45) is 7.05 Å². The van der Waals surface area contributed by atoms with Crippen LogP contribution in [0.4, 0.5) is 5.69 Å². The number of rotatable bonds is 4. The zero-order valence-electron chi connectivity index (χ0n) is 16.0. The van der Waals surface area contributed by atoms with Crippen molar-refractivity contribution in [2.75, 3.05) is 12.4 Å². The molecule has 4 aromatic rings. The van der Waals surface area contributed by atoms with Gasteiger partial charge in [-0.15, -0.1) is 0 Å². The van der Waals surface area contributed by atoms with E-state index < -0.39 is 0 Å². The molecule has 0 atom stereocenters.